The molecule has 7 nitrogen and oxygen atoms in total. The van der Waals surface area contributed by atoms with Gasteiger partial charge in [0, 0.05) is 6.20 Å². The van der Waals surface area contributed by atoms with E-state index in [1.165, 1.54) is 7.11 Å². The summed E-state index contributed by atoms with van der Waals surface area (Å²) in [4.78, 5) is 28.0. The van der Waals surface area contributed by atoms with Gasteiger partial charge in [0.2, 0.25) is 0 Å². The van der Waals surface area contributed by atoms with Crippen LogP contribution in [0.4, 0.5) is 0 Å². The maximum Gasteiger partial charge on any atom is 0.326 e. The van der Waals surface area contributed by atoms with Crippen molar-refractivity contribution in [2.75, 3.05) is 7.11 Å². The van der Waals surface area contributed by atoms with Crippen molar-refractivity contribution in [1.82, 2.24) is 14.7 Å². The molecule has 0 radical (unpaired) electrons. The predicted molar refractivity (Wildman–Crippen MR) is 80.3 cm³/mol. The molecule has 0 saturated carbocycles. The first-order chi connectivity index (χ1) is 10.5. The number of amides is 1. The van der Waals surface area contributed by atoms with Gasteiger partial charge in [0.15, 0.2) is 11.4 Å². The van der Waals surface area contributed by atoms with Gasteiger partial charge in [0.05, 0.1) is 12.8 Å². The number of nitrogens with one attached hydrogen (secondary N) is 1. The first-order valence-corrected chi connectivity index (χ1v) is 7.04. The summed E-state index contributed by atoms with van der Waals surface area (Å²) in [6.07, 6.45) is 2.74. The Labute approximate surface area is 127 Å². The summed E-state index contributed by atoms with van der Waals surface area (Å²) in [6.45, 7) is 3.57. The van der Waals surface area contributed by atoms with Gasteiger partial charge in [0.25, 0.3) is 5.91 Å². The van der Waals surface area contributed by atoms with Gasteiger partial charge in [-0.2, -0.15) is 0 Å². The molecule has 0 aliphatic heterocycles. The van der Waals surface area contributed by atoms with Crippen LogP contribution in [0.5, 0.6) is 5.75 Å². The first-order valence-electron chi connectivity index (χ1n) is 7.04. The standard InChI is InChI=1S/C15H19N3O4/c1-4-6-10(15(20)21)17-14(19)12-9(2)16-13-11(22-3)7-5-8-18(12)13/h5,7-8,10H,4,6H2,1-3H3,(H,17,19)(H,20,21). The molecule has 1 atom stereocenters. The highest BCUT2D eigenvalue weighted by Gasteiger charge is 2.24. The molecule has 0 aliphatic rings. The quantitative estimate of drug-likeness (QED) is 0.846. The molecule has 0 fully saturated rings. The monoisotopic (exact) mass is 305 g/mol. The van der Waals surface area contributed by atoms with E-state index in [0.717, 1.165) is 0 Å². The molecule has 0 saturated heterocycles. The zero-order valence-corrected chi connectivity index (χ0v) is 12.8. The van der Waals surface area contributed by atoms with Crippen molar-refractivity contribution >= 4 is 17.5 Å². The molecular weight excluding hydrogens is 286 g/mol. The third-order valence-corrected chi connectivity index (χ3v) is 3.40. The molecule has 0 aliphatic carbocycles. The normalized spacial score (nSPS) is 12.1. The second kappa shape index (κ2) is 6.46. The maximum atomic E-state index is 12.5. The predicted octanol–water partition coefficient (Wildman–Crippen LogP) is 1.63. The van der Waals surface area contributed by atoms with E-state index in [9.17, 15) is 9.59 Å². The molecule has 2 heterocycles. The van der Waals surface area contributed by atoms with Crippen LogP contribution in [-0.4, -0.2) is 39.5 Å². The van der Waals surface area contributed by atoms with Crippen molar-refractivity contribution in [2.24, 2.45) is 0 Å². The molecule has 0 bridgehead atoms. The van der Waals surface area contributed by atoms with Crippen molar-refractivity contribution in [2.45, 2.75) is 32.7 Å². The molecule has 0 spiro atoms. The Morgan fingerprint density at radius 2 is 2.23 bits per heavy atom. The summed E-state index contributed by atoms with van der Waals surface area (Å²) in [5, 5.41) is 11.7. The number of aromatic nitrogens is 2. The minimum absolute atomic E-state index is 0.316. The second-order valence-corrected chi connectivity index (χ2v) is 4.97. The molecule has 118 valence electrons. The Morgan fingerprint density at radius 3 is 2.82 bits per heavy atom. The first kappa shape index (κ1) is 15.8. The second-order valence-electron chi connectivity index (χ2n) is 4.97. The summed E-state index contributed by atoms with van der Waals surface area (Å²) in [6, 6.07) is 2.58. The van der Waals surface area contributed by atoms with E-state index in [2.05, 4.69) is 10.3 Å². The zero-order valence-electron chi connectivity index (χ0n) is 12.8. The number of aryl methyl sites for hydroxylation is 1. The van der Waals surface area contributed by atoms with E-state index in [0.29, 0.717) is 35.6 Å². The van der Waals surface area contributed by atoms with Gasteiger partial charge < -0.3 is 15.2 Å². The highest BCUT2D eigenvalue weighted by atomic mass is 16.5. The van der Waals surface area contributed by atoms with Gasteiger partial charge in [0.1, 0.15) is 11.7 Å². The van der Waals surface area contributed by atoms with Crippen LogP contribution in [0.3, 0.4) is 0 Å². The van der Waals surface area contributed by atoms with E-state index in [1.54, 1.807) is 29.7 Å². The minimum Gasteiger partial charge on any atom is -0.493 e. The van der Waals surface area contributed by atoms with Crippen molar-refractivity contribution in [3.63, 3.8) is 0 Å². The van der Waals surface area contributed by atoms with Gasteiger partial charge in [-0.1, -0.05) is 13.3 Å². The van der Waals surface area contributed by atoms with E-state index < -0.39 is 17.9 Å². The van der Waals surface area contributed by atoms with Gasteiger partial charge >= 0.3 is 5.97 Å². The van der Waals surface area contributed by atoms with Crippen molar-refractivity contribution in [3.05, 3.63) is 29.7 Å². The van der Waals surface area contributed by atoms with Crippen LogP contribution < -0.4 is 10.1 Å². The Bertz CT molecular complexity index is 708. The molecule has 7 heteroatoms. The summed E-state index contributed by atoms with van der Waals surface area (Å²) in [5.41, 5.74) is 1.36. The van der Waals surface area contributed by atoms with Crippen LogP contribution in [0.25, 0.3) is 5.65 Å². The molecule has 2 rings (SSSR count). The van der Waals surface area contributed by atoms with Gasteiger partial charge in [-0.15, -0.1) is 0 Å². The number of aliphatic carboxylic acids is 1. The van der Waals surface area contributed by atoms with E-state index in [1.807, 2.05) is 6.92 Å². The average molecular weight is 305 g/mol. The number of carbonyl (C=O) groups is 2. The number of carboxylic acid groups (broad SMARTS) is 1. The number of pyridine rings is 1. The molecule has 1 amide bonds. The van der Waals surface area contributed by atoms with Crippen molar-refractivity contribution in [3.8, 4) is 5.75 Å². The lowest BCUT2D eigenvalue weighted by molar-refractivity contribution is -0.139. The summed E-state index contributed by atoms with van der Waals surface area (Å²) < 4.78 is 6.83. The van der Waals surface area contributed by atoms with E-state index in [-0.39, 0.29) is 0 Å². The molecule has 1 unspecified atom stereocenters. The molecule has 22 heavy (non-hydrogen) atoms. The summed E-state index contributed by atoms with van der Waals surface area (Å²) in [5.74, 6) is -0.952. The number of imidazole rings is 1. The SMILES string of the molecule is CCCC(NC(=O)c1c(C)nc2c(OC)cccn12)C(=O)O. The van der Waals surface area contributed by atoms with Crippen LogP contribution in [0, 0.1) is 6.92 Å². The van der Waals surface area contributed by atoms with Crippen LogP contribution >= 0.6 is 0 Å². The van der Waals surface area contributed by atoms with Crippen LogP contribution in [0.2, 0.25) is 0 Å². The number of rotatable bonds is 6. The number of carbonyl (C=O) groups excluding carboxylic acids is 1. The summed E-state index contributed by atoms with van der Waals surface area (Å²) >= 11 is 0. The molecular formula is C15H19N3O4. The third kappa shape index (κ3) is 2.88. The number of ether oxygens (including phenoxy) is 1. The van der Waals surface area contributed by atoms with Gasteiger partial charge in [-0.3, -0.25) is 9.20 Å². The number of carboxylic acids is 1. The lowest BCUT2D eigenvalue weighted by atomic mass is 10.1. The Kier molecular flexibility index (Phi) is 4.65. The number of hydrogen-bond acceptors (Lipinski definition) is 4. The number of hydrogen-bond donors (Lipinski definition) is 2. The number of fused-ring (bicyclic) bond motifs is 1. The van der Waals surface area contributed by atoms with Gasteiger partial charge in [-0.25, -0.2) is 9.78 Å². The van der Waals surface area contributed by atoms with Crippen LogP contribution in [0.15, 0.2) is 18.3 Å². The highest BCUT2D eigenvalue weighted by Crippen LogP contribution is 2.21. The van der Waals surface area contributed by atoms with E-state index in [4.69, 9.17) is 9.84 Å². The third-order valence-electron chi connectivity index (χ3n) is 3.40. The van der Waals surface area contributed by atoms with E-state index >= 15 is 0 Å². The fourth-order valence-corrected chi connectivity index (χ4v) is 2.36. The average Bonchev–Trinajstić information content (AvgIpc) is 2.82. The Morgan fingerprint density at radius 1 is 1.50 bits per heavy atom. The molecule has 0 aromatic carbocycles. The fourth-order valence-electron chi connectivity index (χ4n) is 2.36. The molecule has 2 N–H and O–H groups in total. The van der Waals surface area contributed by atoms with Crippen LogP contribution in [0.1, 0.15) is 35.9 Å². The lowest BCUT2D eigenvalue weighted by Gasteiger charge is -2.13. The molecule has 2 aromatic rings. The van der Waals surface area contributed by atoms with Crippen LogP contribution in [-0.2, 0) is 4.79 Å². The van der Waals surface area contributed by atoms with Crippen molar-refractivity contribution in [1.29, 1.82) is 0 Å². The largest absolute Gasteiger partial charge is 0.493 e. The topological polar surface area (TPSA) is 92.9 Å². The number of methoxy groups -OCH3 is 1. The highest BCUT2D eigenvalue weighted by molar-refractivity contribution is 5.97. The zero-order chi connectivity index (χ0) is 16.3. The number of nitrogens with zero attached hydrogens (tertiary/aromatic N) is 2. The fraction of sp³-hybridized carbons (Fsp3) is 0.400. The Balaban J connectivity index is 2.39. The molecule has 2 aromatic heterocycles. The lowest BCUT2D eigenvalue weighted by Crippen LogP contribution is -2.41. The summed E-state index contributed by atoms with van der Waals surface area (Å²) in [7, 11) is 1.53. The smallest absolute Gasteiger partial charge is 0.326 e. The maximum absolute atomic E-state index is 12.5. The van der Waals surface area contributed by atoms with Gasteiger partial charge in [-0.05, 0) is 25.5 Å². The Hall–Kier alpha value is -2.57. The minimum atomic E-state index is -1.04. The van der Waals surface area contributed by atoms with Crippen molar-refractivity contribution < 1.29 is 19.4 Å².